The predicted molar refractivity (Wildman–Crippen MR) is 70.2 cm³/mol. The molecule has 0 aliphatic heterocycles. The maximum atomic E-state index is 12.2. The van der Waals surface area contributed by atoms with Gasteiger partial charge in [0.2, 0.25) is 0 Å². The first-order valence-corrected chi connectivity index (χ1v) is 6.46. The Morgan fingerprint density at radius 1 is 1.32 bits per heavy atom. The van der Waals surface area contributed by atoms with Gasteiger partial charge in [0.25, 0.3) is 0 Å². The molecule has 0 aliphatic carbocycles. The van der Waals surface area contributed by atoms with Crippen LogP contribution in [0.3, 0.4) is 0 Å². The van der Waals surface area contributed by atoms with Crippen molar-refractivity contribution < 1.29 is 18.6 Å². The molecule has 0 amide bonds. The van der Waals surface area contributed by atoms with Crippen molar-refractivity contribution >= 4 is 0 Å². The predicted octanol–water partition coefficient (Wildman–Crippen LogP) is 2.78. The van der Waals surface area contributed by atoms with Gasteiger partial charge in [0.05, 0.1) is 6.10 Å². The van der Waals surface area contributed by atoms with Crippen LogP contribution in [0.25, 0.3) is 0 Å². The molecule has 2 atom stereocenters. The van der Waals surface area contributed by atoms with Gasteiger partial charge in [-0.2, -0.15) is 8.78 Å². The highest BCUT2D eigenvalue weighted by Gasteiger charge is 2.12. The molecule has 1 aromatic rings. The molecule has 0 fully saturated rings. The molecule has 19 heavy (non-hydrogen) atoms. The highest BCUT2D eigenvalue weighted by Crippen LogP contribution is 2.20. The van der Waals surface area contributed by atoms with Crippen LogP contribution in [0.1, 0.15) is 25.8 Å². The highest BCUT2D eigenvalue weighted by atomic mass is 19.3. The van der Waals surface area contributed by atoms with E-state index in [0.29, 0.717) is 18.7 Å². The van der Waals surface area contributed by atoms with Crippen LogP contribution < -0.4 is 10.1 Å². The number of para-hydroxylation sites is 1. The molecule has 2 unspecified atom stereocenters. The Balaban J connectivity index is 2.49. The van der Waals surface area contributed by atoms with Crippen LogP contribution >= 0.6 is 0 Å². The van der Waals surface area contributed by atoms with Crippen molar-refractivity contribution in [2.45, 2.75) is 39.5 Å². The fourth-order valence-electron chi connectivity index (χ4n) is 1.69. The SMILES string of the molecule is CCC(C)C(O)CNCc1ccccc1OC(F)F. The highest BCUT2D eigenvalue weighted by molar-refractivity contribution is 5.33. The number of aliphatic hydroxyl groups is 1. The van der Waals surface area contributed by atoms with Gasteiger partial charge in [-0.25, -0.2) is 0 Å². The molecule has 2 N–H and O–H groups in total. The second-order valence-corrected chi connectivity index (χ2v) is 4.57. The zero-order valence-electron chi connectivity index (χ0n) is 11.3. The summed E-state index contributed by atoms with van der Waals surface area (Å²) >= 11 is 0. The maximum Gasteiger partial charge on any atom is 0.387 e. The van der Waals surface area contributed by atoms with Gasteiger partial charge in [0.15, 0.2) is 0 Å². The Morgan fingerprint density at radius 2 is 2.00 bits per heavy atom. The third kappa shape index (κ3) is 5.53. The molecular formula is C14H21F2NO2. The van der Waals surface area contributed by atoms with Gasteiger partial charge < -0.3 is 15.2 Å². The monoisotopic (exact) mass is 273 g/mol. The zero-order chi connectivity index (χ0) is 14.3. The number of ether oxygens (including phenoxy) is 1. The van der Waals surface area contributed by atoms with Crippen molar-refractivity contribution in [2.24, 2.45) is 5.92 Å². The molecule has 0 saturated heterocycles. The minimum atomic E-state index is -2.83. The molecule has 3 nitrogen and oxygen atoms in total. The Hall–Kier alpha value is -1.20. The number of benzene rings is 1. The lowest BCUT2D eigenvalue weighted by molar-refractivity contribution is -0.0505. The van der Waals surface area contributed by atoms with Gasteiger partial charge in [0.1, 0.15) is 5.75 Å². The minimum Gasteiger partial charge on any atom is -0.434 e. The summed E-state index contributed by atoms with van der Waals surface area (Å²) in [6.07, 6.45) is 0.460. The smallest absolute Gasteiger partial charge is 0.387 e. The van der Waals surface area contributed by atoms with E-state index in [2.05, 4.69) is 10.1 Å². The average Bonchev–Trinajstić information content (AvgIpc) is 2.39. The lowest BCUT2D eigenvalue weighted by Gasteiger charge is -2.18. The van der Waals surface area contributed by atoms with Crippen molar-refractivity contribution in [3.8, 4) is 5.75 Å². The van der Waals surface area contributed by atoms with E-state index in [1.807, 2.05) is 13.8 Å². The minimum absolute atomic E-state index is 0.169. The number of rotatable bonds is 8. The third-order valence-electron chi connectivity index (χ3n) is 3.16. The van der Waals surface area contributed by atoms with Crippen LogP contribution in [0.5, 0.6) is 5.75 Å². The summed E-state index contributed by atoms with van der Waals surface area (Å²) in [4.78, 5) is 0. The fraction of sp³-hybridized carbons (Fsp3) is 0.571. The number of hydrogen-bond donors (Lipinski definition) is 2. The molecule has 0 aliphatic rings. The van der Waals surface area contributed by atoms with Gasteiger partial charge >= 0.3 is 6.61 Å². The van der Waals surface area contributed by atoms with E-state index >= 15 is 0 Å². The summed E-state index contributed by atoms with van der Waals surface area (Å²) in [7, 11) is 0. The van der Waals surface area contributed by atoms with Crippen molar-refractivity contribution in [1.29, 1.82) is 0 Å². The van der Waals surface area contributed by atoms with E-state index in [4.69, 9.17) is 0 Å². The summed E-state index contributed by atoms with van der Waals surface area (Å²) in [6, 6.07) is 6.64. The van der Waals surface area contributed by atoms with Gasteiger partial charge in [-0.1, -0.05) is 38.5 Å². The second kappa shape index (κ2) is 8.07. The van der Waals surface area contributed by atoms with Gasteiger partial charge in [-0.15, -0.1) is 0 Å². The van der Waals surface area contributed by atoms with Crippen molar-refractivity contribution in [3.63, 3.8) is 0 Å². The Bertz CT molecular complexity index is 374. The third-order valence-corrected chi connectivity index (χ3v) is 3.16. The normalized spacial score (nSPS) is 14.4. The van der Waals surface area contributed by atoms with Crippen molar-refractivity contribution in [1.82, 2.24) is 5.32 Å². The summed E-state index contributed by atoms with van der Waals surface area (Å²) in [6.45, 7) is 1.97. The first-order chi connectivity index (χ1) is 9.04. The van der Waals surface area contributed by atoms with Crippen LogP contribution in [0.15, 0.2) is 24.3 Å². The molecule has 0 aromatic heterocycles. The quantitative estimate of drug-likeness (QED) is 0.765. The number of hydrogen-bond acceptors (Lipinski definition) is 3. The number of aliphatic hydroxyl groups excluding tert-OH is 1. The lowest BCUT2D eigenvalue weighted by atomic mass is 10.0. The molecule has 1 rings (SSSR count). The van der Waals surface area contributed by atoms with E-state index in [-0.39, 0.29) is 11.7 Å². The average molecular weight is 273 g/mol. The molecule has 0 saturated carbocycles. The van der Waals surface area contributed by atoms with Gasteiger partial charge in [-0.05, 0) is 12.0 Å². The Labute approximate surface area is 112 Å². The van der Waals surface area contributed by atoms with Gasteiger partial charge in [-0.3, -0.25) is 0 Å². The van der Waals surface area contributed by atoms with Crippen LogP contribution in [0.4, 0.5) is 8.78 Å². The molecule has 108 valence electrons. The molecule has 0 radical (unpaired) electrons. The lowest BCUT2D eigenvalue weighted by Crippen LogP contribution is -2.31. The van der Waals surface area contributed by atoms with E-state index in [1.165, 1.54) is 6.07 Å². The van der Waals surface area contributed by atoms with Gasteiger partial charge in [0, 0.05) is 18.7 Å². The molecule has 0 heterocycles. The number of halogens is 2. The van der Waals surface area contributed by atoms with Crippen molar-refractivity contribution in [3.05, 3.63) is 29.8 Å². The molecule has 0 spiro atoms. The van der Waals surface area contributed by atoms with E-state index < -0.39 is 12.7 Å². The fourth-order valence-corrected chi connectivity index (χ4v) is 1.69. The van der Waals surface area contributed by atoms with Crippen LogP contribution in [0, 0.1) is 5.92 Å². The summed E-state index contributed by atoms with van der Waals surface area (Å²) in [5, 5.41) is 12.9. The summed E-state index contributed by atoms with van der Waals surface area (Å²) < 4.78 is 28.9. The summed E-state index contributed by atoms with van der Waals surface area (Å²) in [5.74, 6) is 0.378. The Kier molecular flexibility index (Phi) is 6.73. The number of alkyl halides is 2. The molecular weight excluding hydrogens is 252 g/mol. The molecule has 0 bridgehead atoms. The number of nitrogens with one attached hydrogen (secondary N) is 1. The van der Waals surface area contributed by atoms with Crippen LogP contribution in [0.2, 0.25) is 0 Å². The van der Waals surface area contributed by atoms with E-state index in [1.54, 1.807) is 18.2 Å². The first kappa shape index (κ1) is 15.9. The zero-order valence-corrected chi connectivity index (χ0v) is 11.3. The molecule has 1 aromatic carbocycles. The Morgan fingerprint density at radius 3 is 2.63 bits per heavy atom. The standard InChI is InChI=1S/C14H21F2NO2/c1-3-10(2)12(18)9-17-8-11-6-4-5-7-13(11)19-14(15)16/h4-7,10,12,14,17-18H,3,8-9H2,1-2H3. The second-order valence-electron chi connectivity index (χ2n) is 4.57. The maximum absolute atomic E-state index is 12.2. The molecule has 5 heteroatoms. The van der Waals surface area contributed by atoms with Crippen LogP contribution in [-0.2, 0) is 6.54 Å². The largest absolute Gasteiger partial charge is 0.434 e. The summed E-state index contributed by atoms with van der Waals surface area (Å²) in [5.41, 5.74) is 0.652. The topological polar surface area (TPSA) is 41.5 Å². The van der Waals surface area contributed by atoms with E-state index in [9.17, 15) is 13.9 Å². The van der Waals surface area contributed by atoms with E-state index in [0.717, 1.165) is 6.42 Å². The van der Waals surface area contributed by atoms with Crippen molar-refractivity contribution in [2.75, 3.05) is 6.54 Å². The van der Waals surface area contributed by atoms with Crippen LogP contribution in [-0.4, -0.2) is 24.4 Å². The first-order valence-electron chi connectivity index (χ1n) is 6.46.